The van der Waals surface area contributed by atoms with Crippen LogP contribution in [-0.4, -0.2) is 23.0 Å². The summed E-state index contributed by atoms with van der Waals surface area (Å²) in [5, 5.41) is 0. The van der Waals surface area contributed by atoms with Gasteiger partial charge in [0.1, 0.15) is 4.99 Å². The lowest BCUT2D eigenvalue weighted by atomic mass is 9.74. The Balaban J connectivity index is 1.99. The molecule has 0 unspecified atom stereocenters. The second-order valence-electron chi connectivity index (χ2n) is 6.49. The average Bonchev–Trinajstić information content (AvgIpc) is 2.50. The predicted molar refractivity (Wildman–Crippen MR) is 94.6 cm³/mol. The Morgan fingerprint density at radius 3 is 2.33 bits per heavy atom. The quantitative estimate of drug-likeness (QED) is 0.833. The van der Waals surface area contributed by atoms with E-state index < -0.39 is 0 Å². The van der Waals surface area contributed by atoms with Crippen LogP contribution in [0.3, 0.4) is 0 Å². The fourth-order valence-electron chi connectivity index (χ4n) is 3.41. The minimum atomic E-state index is 0.485. The van der Waals surface area contributed by atoms with E-state index >= 15 is 0 Å². The average molecular weight is 305 g/mol. The molecule has 0 spiro atoms. The molecule has 21 heavy (non-hydrogen) atoms. The zero-order valence-corrected chi connectivity index (χ0v) is 14.4. The van der Waals surface area contributed by atoms with Gasteiger partial charge in [0.2, 0.25) is 0 Å². The van der Waals surface area contributed by atoms with Crippen LogP contribution in [0, 0.1) is 12.3 Å². The maximum atomic E-state index is 5.70. The van der Waals surface area contributed by atoms with Crippen LogP contribution >= 0.6 is 12.2 Å². The summed E-state index contributed by atoms with van der Waals surface area (Å²) in [6.07, 6.45) is 5.31. The Hall–Kier alpha value is -0.930. The molecule has 1 aliphatic rings. The monoisotopic (exact) mass is 304 g/mol. The number of hydrogen-bond donors (Lipinski definition) is 1. The van der Waals surface area contributed by atoms with Crippen molar-refractivity contribution in [3.05, 3.63) is 34.9 Å². The summed E-state index contributed by atoms with van der Waals surface area (Å²) < 4.78 is 0. The van der Waals surface area contributed by atoms with Crippen LogP contribution < -0.4 is 5.73 Å². The number of aryl methyl sites for hydroxylation is 1. The highest BCUT2D eigenvalue weighted by molar-refractivity contribution is 7.80. The van der Waals surface area contributed by atoms with Crippen molar-refractivity contribution in [2.45, 2.75) is 53.0 Å². The summed E-state index contributed by atoms with van der Waals surface area (Å²) in [4.78, 5) is 3.07. The molecule has 0 radical (unpaired) electrons. The van der Waals surface area contributed by atoms with Gasteiger partial charge in [-0.15, -0.1) is 0 Å². The number of rotatable bonds is 5. The van der Waals surface area contributed by atoms with Gasteiger partial charge in [0.15, 0.2) is 0 Å². The molecule has 116 valence electrons. The molecule has 0 saturated carbocycles. The Bertz CT molecular complexity index is 496. The maximum Gasteiger partial charge on any atom is 0.103 e. The first kappa shape index (κ1) is 16.4. The Labute approximate surface area is 134 Å². The van der Waals surface area contributed by atoms with Gasteiger partial charge in [0, 0.05) is 12.1 Å². The smallest absolute Gasteiger partial charge is 0.103 e. The lowest BCUT2D eigenvalue weighted by Gasteiger charge is -2.41. The number of nitrogens with zero attached hydrogens (tertiary/aromatic N) is 1. The van der Waals surface area contributed by atoms with E-state index in [1.807, 2.05) is 0 Å². The third kappa shape index (κ3) is 3.83. The molecular weight excluding hydrogens is 276 g/mol. The minimum Gasteiger partial charge on any atom is -0.389 e. The fourth-order valence-corrected chi connectivity index (χ4v) is 3.54. The van der Waals surface area contributed by atoms with E-state index in [1.54, 1.807) is 0 Å². The molecule has 0 aromatic heterocycles. The molecule has 1 aromatic carbocycles. The SMILES string of the molecule is CCC1(CC)CCN(Cc2ccc(C(N)=S)cc2C)CC1. The van der Waals surface area contributed by atoms with Crippen molar-refractivity contribution < 1.29 is 0 Å². The number of benzene rings is 1. The van der Waals surface area contributed by atoms with E-state index in [-0.39, 0.29) is 0 Å². The van der Waals surface area contributed by atoms with Crippen molar-refractivity contribution in [1.82, 2.24) is 4.90 Å². The molecule has 2 N–H and O–H groups in total. The largest absolute Gasteiger partial charge is 0.389 e. The molecule has 1 aliphatic heterocycles. The molecule has 0 bridgehead atoms. The molecule has 2 rings (SSSR count). The molecule has 1 heterocycles. The molecule has 3 heteroatoms. The maximum absolute atomic E-state index is 5.70. The zero-order valence-electron chi connectivity index (χ0n) is 13.6. The summed E-state index contributed by atoms with van der Waals surface area (Å²) in [7, 11) is 0. The Kier molecular flexibility index (Phi) is 5.39. The third-order valence-electron chi connectivity index (χ3n) is 5.44. The van der Waals surface area contributed by atoms with Crippen LogP contribution in [0.15, 0.2) is 18.2 Å². The summed E-state index contributed by atoms with van der Waals surface area (Å²) in [6, 6.07) is 6.35. The first-order chi connectivity index (χ1) is 9.99. The number of nitrogens with two attached hydrogens (primary N) is 1. The van der Waals surface area contributed by atoms with Gasteiger partial charge in [-0.1, -0.05) is 51.0 Å². The number of thiocarbonyl (C=S) groups is 1. The van der Waals surface area contributed by atoms with E-state index in [2.05, 4.69) is 43.9 Å². The highest BCUT2D eigenvalue weighted by atomic mass is 32.1. The van der Waals surface area contributed by atoms with Crippen LogP contribution in [0.25, 0.3) is 0 Å². The van der Waals surface area contributed by atoms with Crippen LogP contribution in [0.4, 0.5) is 0 Å². The van der Waals surface area contributed by atoms with Crippen LogP contribution in [0.1, 0.15) is 56.2 Å². The van der Waals surface area contributed by atoms with E-state index in [0.29, 0.717) is 10.4 Å². The van der Waals surface area contributed by atoms with Gasteiger partial charge in [-0.2, -0.15) is 0 Å². The normalized spacial score (nSPS) is 18.6. The Morgan fingerprint density at radius 2 is 1.86 bits per heavy atom. The van der Waals surface area contributed by atoms with Crippen molar-refractivity contribution in [3.8, 4) is 0 Å². The van der Waals surface area contributed by atoms with E-state index in [0.717, 1.165) is 12.1 Å². The molecule has 0 amide bonds. The zero-order chi connectivity index (χ0) is 15.5. The molecule has 2 nitrogen and oxygen atoms in total. The van der Waals surface area contributed by atoms with Crippen molar-refractivity contribution in [2.75, 3.05) is 13.1 Å². The standard InChI is InChI=1S/C18H28N2S/c1-4-18(5-2)8-10-20(11-9-18)13-16-7-6-15(17(19)21)12-14(16)3/h6-7,12H,4-5,8-11,13H2,1-3H3,(H2,19,21). The van der Waals surface area contributed by atoms with Gasteiger partial charge in [-0.05, 0) is 55.5 Å². The van der Waals surface area contributed by atoms with E-state index in [1.165, 1.54) is 49.9 Å². The summed E-state index contributed by atoms with van der Waals surface area (Å²) in [6.45, 7) is 10.3. The fraction of sp³-hybridized carbons (Fsp3) is 0.611. The van der Waals surface area contributed by atoms with Crippen LogP contribution in [-0.2, 0) is 6.54 Å². The first-order valence-electron chi connectivity index (χ1n) is 8.11. The predicted octanol–water partition coefficient (Wildman–Crippen LogP) is 4.03. The number of likely N-dealkylation sites (tertiary alicyclic amines) is 1. The number of hydrogen-bond acceptors (Lipinski definition) is 2. The lowest BCUT2D eigenvalue weighted by Crippen LogP contribution is -2.39. The van der Waals surface area contributed by atoms with Gasteiger partial charge in [0.05, 0.1) is 0 Å². The summed E-state index contributed by atoms with van der Waals surface area (Å²) >= 11 is 5.05. The van der Waals surface area contributed by atoms with Crippen molar-refractivity contribution >= 4 is 17.2 Å². The number of piperidine rings is 1. The molecule has 1 fully saturated rings. The molecule has 0 aliphatic carbocycles. The molecule has 1 aromatic rings. The Morgan fingerprint density at radius 1 is 1.24 bits per heavy atom. The van der Waals surface area contributed by atoms with Gasteiger partial charge < -0.3 is 5.73 Å². The minimum absolute atomic E-state index is 0.485. The van der Waals surface area contributed by atoms with E-state index in [9.17, 15) is 0 Å². The lowest BCUT2D eigenvalue weighted by molar-refractivity contribution is 0.0908. The highest BCUT2D eigenvalue weighted by Crippen LogP contribution is 2.38. The summed E-state index contributed by atoms with van der Waals surface area (Å²) in [5.74, 6) is 0. The third-order valence-corrected chi connectivity index (χ3v) is 5.67. The highest BCUT2D eigenvalue weighted by Gasteiger charge is 2.31. The van der Waals surface area contributed by atoms with Crippen molar-refractivity contribution in [1.29, 1.82) is 0 Å². The summed E-state index contributed by atoms with van der Waals surface area (Å²) in [5.41, 5.74) is 9.96. The topological polar surface area (TPSA) is 29.3 Å². The molecule has 0 atom stereocenters. The molecule has 1 saturated heterocycles. The van der Waals surface area contributed by atoms with Crippen molar-refractivity contribution in [2.24, 2.45) is 11.1 Å². The van der Waals surface area contributed by atoms with Gasteiger partial charge in [-0.3, -0.25) is 4.90 Å². The van der Waals surface area contributed by atoms with Crippen LogP contribution in [0.5, 0.6) is 0 Å². The van der Waals surface area contributed by atoms with Crippen LogP contribution in [0.2, 0.25) is 0 Å². The van der Waals surface area contributed by atoms with E-state index in [4.69, 9.17) is 18.0 Å². The van der Waals surface area contributed by atoms with Gasteiger partial charge in [0.25, 0.3) is 0 Å². The van der Waals surface area contributed by atoms with Gasteiger partial charge in [-0.25, -0.2) is 0 Å². The van der Waals surface area contributed by atoms with Gasteiger partial charge >= 0.3 is 0 Å². The second kappa shape index (κ2) is 6.89. The van der Waals surface area contributed by atoms with Crippen molar-refractivity contribution in [3.63, 3.8) is 0 Å². The molecular formula is C18H28N2S. The second-order valence-corrected chi connectivity index (χ2v) is 6.93. The first-order valence-corrected chi connectivity index (χ1v) is 8.52.